The van der Waals surface area contributed by atoms with Gasteiger partial charge < -0.3 is 10.8 Å². The molecule has 0 radical (unpaired) electrons. The lowest BCUT2D eigenvalue weighted by atomic mass is 9.85. The van der Waals surface area contributed by atoms with Crippen molar-refractivity contribution in [3.05, 3.63) is 0 Å². The highest BCUT2D eigenvalue weighted by Gasteiger charge is 2.23. The molecule has 11 heavy (non-hydrogen) atoms. The van der Waals surface area contributed by atoms with Crippen LogP contribution in [0.25, 0.3) is 0 Å². The number of hydrogen-bond donors (Lipinski definition) is 2. The molecule has 1 amide bonds. The molecule has 0 spiro atoms. The van der Waals surface area contributed by atoms with Gasteiger partial charge in [0.25, 0.3) is 0 Å². The summed E-state index contributed by atoms with van der Waals surface area (Å²) in [4.78, 5) is 20.7. The van der Waals surface area contributed by atoms with Gasteiger partial charge in [-0.1, -0.05) is 13.8 Å². The third-order valence-electron chi connectivity index (χ3n) is 1.28. The molecule has 0 saturated carbocycles. The van der Waals surface area contributed by atoms with E-state index in [4.69, 9.17) is 10.8 Å². The van der Waals surface area contributed by atoms with E-state index in [9.17, 15) is 9.59 Å². The van der Waals surface area contributed by atoms with E-state index in [1.165, 1.54) is 0 Å². The summed E-state index contributed by atoms with van der Waals surface area (Å²) < 4.78 is 0. The number of aliphatic carboxylic acids is 1. The second kappa shape index (κ2) is 3.37. The van der Waals surface area contributed by atoms with Crippen LogP contribution < -0.4 is 5.73 Å². The van der Waals surface area contributed by atoms with E-state index < -0.39 is 17.3 Å². The fourth-order valence-corrected chi connectivity index (χ4v) is 0.944. The van der Waals surface area contributed by atoms with Crippen molar-refractivity contribution in [1.29, 1.82) is 0 Å². The standard InChI is InChI=1S/C7H13NO3/c1-7(2,3-5(8)9)4-6(10)11/h3-4H2,1-2H3,(H2,8,9)(H,10,11). The Morgan fingerprint density at radius 1 is 1.36 bits per heavy atom. The van der Waals surface area contributed by atoms with Crippen molar-refractivity contribution >= 4 is 11.9 Å². The van der Waals surface area contributed by atoms with Crippen molar-refractivity contribution in [2.45, 2.75) is 26.7 Å². The summed E-state index contributed by atoms with van der Waals surface area (Å²) >= 11 is 0. The number of carboxylic acid groups (broad SMARTS) is 1. The fraction of sp³-hybridized carbons (Fsp3) is 0.714. The van der Waals surface area contributed by atoms with Crippen LogP contribution in [-0.2, 0) is 9.59 Å². The number of hydrogen-bond acceptors (Lipinski definition) is 2. The Morgan fingerprint density at radius 2 is 1.82 bits per heavy atom. The number of carbonyl (C=O) groups excluding carboxylic acids is 1. The molecule has 4 heteroatoms. The van der Waals surface area contributed by atoms with Crippen molar-refractivity contribution in [3.8, 4) is 0 Å². The van der Waals surface area contributed by atoms with Crippen LogP contribution in [0.2, 0.25) is 0 Å². The van der Waals surface area contributed by atoms with Crippen LogP contribution in [0.3, 0.4) is 0 Å². The number of amides is 1. The molecule has 0 atom stereocenters. The van der Waals surface area contributed by atoms with Crippen LogP contribution >= 0.6 is 0 Å². The first kappa shape index (κ1) is 9.94. The molecule has 0 aromatic rings. The highest BCUT2D eigenvalue weighted by molar-refractivity contribution is 5.76. The third-order valence-corrected chi connectivity index (χ3v) is 1.28. The van der Waals surface area contributed by atoms with Gasteiger partial charge in [0, 0.05) is 6.42 Å². The minimum Gasteiger partial charge on any atom is -0.481 e. The first-order valence-electron chi connectivity index (χ1n) is 3.33. The van der Waals surface area contributed by atoms with Crippen LogP contribution in [0.15, 0.2) is 0 Å². The zero-order chi connectivity index (χ0) is 9.07. The first-order chi connectivity index (χ1) is 4.83. The zero-order valence-electron chi connectivity index (χ0n) is 6.76. The first-order valence-corrected chi connectivity index (χ1v) is 3.33. The van der Waals surface area contributed by atoms with Gasteiger partial charge in [0.05, 0.1) is 6.42 Å². The fourth-order valence-electron chi connectivity index (χ4n) is 0.944. The largest absolute Gasteiger partial charge is 0.481 e. The average molecular weight is 159 g/mol. The molecule has 0 fully saturated rings. The van der Waals surface area contributed by atoms with Crippen LogP contribution in [-0.4, -0.2) is 17.0 Å². The molecule has 3 N–H and O–H groups in total. The summed E-state index contributed by atoms with van der Waals surface area (Å²) in [7, 11) is 0. The van der Waals surface area contributed by atoms with E-state index >= 15 is 0 Å². The van der Waals surface area contributed by atoms with Crippen molar-refractivity contribution in [1.82, 2.24) is 0 Å². The summed E-state index contributed by atoms with van der Waals surface area (Å²) in [6, 6.07) is 0. The second-order valence-corrected chi connectivity index (χ2v) is 3.38. The lowest BCUT2D eigenvalue weighted by molar-refractivity contribution is -0.139. The van der Waals surface area contributed by atoms with Crippen molar-refractivity contribution in [3.63, 3.8) is 0 Å². The minimum absolute atomic E-state index is 0.0318. The Hall–Kier alpha value is -1.06. The van der Waals surface area contributed by atoms with Crippen molar-refractivity contribution in [2.24, 2.45) is 11.1 Å². The quantitative estimate of drug-likeness (QED) is 0.621. The maximum atomic E-state index is 10.4. The number of nitrogens with two attached hydrogens (primary N) is 1. The van der Waals surface area contributed by atoms with E-state index in [-0.39, 0.29) is 12.8 Å². The Morgan fingerprint density at radius 3 is 2.09 bits per heavy atom. The Labute approximate surface area is 65.4 Å². The predicted molar refractivity (Wildman–Crippen MR) is 39.8 cm³/mol. The zero-order valence-corrected chi connectivity index (χ0v) is 6.76. The van der Waals surface area contributed by atoms with Gasteiger partial charge in [-0.05, 0) is 5.41 Å². The number of carboxylic acids is 1. The van der Waals surface area contributed by atoms with Gasteiger partial charge in [-0.3, -0.25) is 9.59 Å². The van der Waals surface area contributed by atoms with E-state index in [2.05, 4.69) is 0 Å². The summed E-state index contributed by atoms with van der Waals surface area (Å²) in [5, 5.41) is 8.41. The van der Waals surface area contributed by atoms with Crippen LogP contribution in [0, 0.1) is 5.41 Å². The molecule has 4 nitrogen and oxygen atoms in total. The normalized spacial score (nSPS) is 11.1. The number of primary amides is 1. The van der Waals surface area contributed by atoms with Gasteiger partial charge in [0.1, 0.15) is 0 Å². The lowest BCUT2D eigenvalue weighted by Crippen LogP contribution is -2.24. The molecule has 0 aliphatic carbocycles. The molecule has 0 heterocycles. The smallest absolute Gasteiger partial charge is 0.303 e. The molecular formula is C7H13NO3. The molecule has 0 bridgehead atoms. The molecule has 0 rings (SSSR count). The van der Waals surface area contributed by atoms with Gasteiger partial charge in [0.15, 0.2) is 0 Å². The van der Waals surface area contributed by atoms with Crippen LogP contribution in [0.4, 0.5) is 0 Å². The molecule has 64 valence electrons. The monoisotopic (exact) mass is 159 g/mol. The molecule has 0 aromatic heterocycles. The maximum Gasteiger partial charge on any atom is 0.303 e. The van der Waals surface area contributed by atoms with Crippen LogP contribution in [0.1, 0.15) is 26.7 Å². The molecule has 0 aromatic carbocycles. The van der Waals surface area contributed by atoms with E-state index in [0.717, 1.165) is 0 Å². The average Bonchev–Trinajstić information content (AvgIpc) is 1.53. The molecule has 0 aliphatic rings. The van der Waals surface area contributed by atoms with Gasteiger partial charge in [-0.2, -0.15) is 0 Å². The van der Waals surface area contributed by atoms with Gasteiger partial charge in [-0.15, -0.1) is 0 Å². The lowest BCUT2D eigenvalue weighted by Gasteiger charge is -2.19. The molecular weight excluding hydrogens is 146 g/mol. The summed E-state index contributed by atoms with van der Waals surface area (Å²) in [5.41, 5.74) is 4.39. The predicted octanol–water partition coefficient (Wildman–Crippen LogP) is 0.363. The summed E-state index contributed by atoms with van der Waals surface area (Å²) in [5.74, 6) is -1.37. The molecule has 0 saturated heterocycles. The minimum atomic E-state index is -0.906. The van der Waals surface area contributed by atoms with Gasteiger partial charge >= 0.3 is 5.97 Å². The van der Waals surface area contributed by atoms with E-state index in [1.807, 2.05) is 0 Å². The number of rotatable bonds is 4. The second-order valence-electron chi connectivity index (χ2n) is 3.38. The molecule has 0 aliphatic heterocycles. The Bertz CT molecular complexity index is 157. The summed E-state index contributed by atoms with van der Waals surface area (Å²) in [6.07, 6.45) is 0.0786. The topological polar surface area (TPSA) is 80.4 Å². The van der Waals surface area contributed by atoms with Crippen molar-refractivity contribution in [2.75, 3.05) is 0 Å². The number of carbonyl (C=O) groups is 2. The third kappa shape index (κ3) is 5.39. The van der Waals surface area contributed by atoms with Gasteiger partial charge in [0.2, 0.25) is 5.91 Å². The van der Waals surface area contributed by atoms with E-state index in [1.54, 1.807) is 13.8 Å². The highest BCUT2D eigenvalue weighted by atomic mass is 16.4. The van der Waals surface area contributed by atoms with E-state index in [0.29, 0.717) is 0 Å². The van der Waals surface area contributed by atoms with Gasteiger partial charge in [-0.25, -0.2) is 0 Å². The SMILES string of the molecule is CC(C)(CC(N)=O)CC(=O)O. The van der Waals surface area contributed by atoms with Crippen LogP contribution in [0.5, 0.6) is 0 Å². The Balaban J connectivity index is 3.99. The maximum absolute atomic E-state index is 10.4. The van der Waals surface area contributed by atoms with Crippen molar-refractivity contribution < 1.29 is 14.7 Å². The summed E-state index contributed by atoms with van der Waals surface area (Å²) in [6.45, 7) is 3.40. The highest BCUT2D eigenvalue weighted by Crippen LogP contribution is 2.23. The molecule has 0 unspecified atom stereocenters. The Kier molecular flexibility index (Phi) is 3.04.